The summed E-state index contributed by atoms with van der Waals surface area (Å²) < 4.78 is 23.0. The molecule has 5 aromatic heterocycles. The average molecular weight is 2030 g/mol. The van der Waals surface area contributed by atoms with Gasteiger partial charge in [0.2, 0.25) is 0 Å². The zero-order valence-electron chi connectivity index (χ0n) is 61.4. The first kappa shape index (κ1) is 66.9. The molecular formula is C102H59B2N5OTe5. The fourth-order valence-corrected chi connectivity index (χ4v) is 36.9. The number of hydrogen-bond acceptors (Lipinski definition) is 6. The van der Waals surface area contributed by atoms with Crippen LogP contribution in [0, 0.1) is 0 Å². The Morgan fingerprint density at radius 1 is 0.209 bits per heavy atom. The van der Waals surface area contributed by atoms with Gasteiger partial charge in [-0.1, -0.05) is 0 Å². The van der Waals surface area contributed by atoms with E-state index in [-0.39, 0.29) is 13.4 Å². The van der Waals surface area contributed by atoms with Crippen molar-refractivity contribution in [2.24, 2.45) is 0 Å². The minimum absolute atomic E-state index is 0.204. The van der Waals surface area contributed by atoms with Crippen molar-refractivity contribution >= 4 is 322 Å². The van der Waals surface area contributed by atoms with Gasteiger partial charge in [0.05, 0.1) is 0 Å². The molecule has 13 heteroatoms. The maximum absolute atomic E-state index is 8.26. The molecule has 0 atom stereocenters. The molecule has 0 bridgehead atoms. The van der Waals surface area contributed by atoms with Gasteiger partial charge in [0.15, 0.2) is 0 Å². The van der Waals surface area contributed by atoms with Gasteiger partial charge in [0.25, 0.3) is 0 Å². The van der Waals surface area contributed by atoms with Crippen molar-refractivity contribution in [3.63, 3.8) is 0 Å². The van der Waals surface area contributed by atoms with Crippen LogP contribution < -0.4 is 62.0 Å². The van der Waals surface area contributed by atoms with E-state index in [2.05, 4.69) is 382 Å². The van der Waals surface area contributed by atoms with E-state index in [1.54, 1.807) is 0 Å². The van der Waals surface area contributed by atoms with Crippen molar-refractivity contribution in [2.75, 3.05) is 24.5 Å². The molecule has 0 saturated heterocycles. The minimum atomic E-state index is -0.912. The molecule has 0 unspecified atom stereocenters. The molecule has 22 aromatic rings. The van der Waals surface area contributed by atoms with E-state index >= 15 is 0 Å². The normalized spacial score (nSPS) is 13.2. The number of anilines is 15. The van der Waals surface area contributed by atoms with E-state index in [1.165, 1.54) is 172 Å². The van der Waals surface area contributed by atoms with E-state index in [1.807, 2.05) is 0 Å². The molecule has 0 N–H and O–H groups in total. The molecule has 0 amide bonds. The van der Waals surface area contributed by atoms with Crippen molar-refractivity contribution in [1.29, 1.82) is 0 Å². The third-order valence-corrected chi connectivity index (χ3v) is 41.7. The second kappa shape index (κ2) is 26.1. The summed E-state index contributed by atoms with van der Waals surface area (Å²) in [5, 5.41) is 13.6. The number of benzene rings is 17. The van der Waals surface area contributed by atoms with E-state index in [4.69, 9.17) is 4.74 Å². The molecule has 0 fully saturated rings. The van der Waals surface area contributed by atoms with Crippen LogP contribution in [0.25, 0.3) is 87.9 Å². The Morgan fingerprint density at radius 2 is 0.530 bits per heavy atom. The van der Waals surface area contributed by atoms with Gasteiger partial charge in [-0.05, 0) is 0 Å². The fraction of sp³-hybridized carbons (Fsp3) is 0. The Bertz CT molecular complexity index is 7940. The van der Waals surface area contributed by atoms with Crippen LogP contribution in [0.1, 0.15) is 0 Å². The van der Waals surface area contributed by atoms with Crippen molar-refractivity contribution in [1.82, 2.24) is 0 Å². The van der Waals surface area contributed by atoms with E-state index in [9.17, 15) is 0 Å². The molecule has 6 nitrogen and oxygen atoms in total. The molecule has 26 rings (SSSR count). The van der Waals surface area contributed by atoms with Gasteiger partial charge in [-0.2, -0.15) is 0 Å². The number of hydrogen-bond donors (Lipinski definition) is 0. The summed E-state index contributed by atoms with van der Waals surface area (Å²) in [5.74, 6) is 1.75. The summed E-state index contributed by atoms with van der Waals surface area (Å²) in [7, 11) is 0. The van der Waals surface area contributed by atoms with E-state index in [0.717, 1.165) is 45.6 Å². The summed E-state index contributed by atoms with van der Waals surface area (Å²) in [6.45, 7) is -0.419. The zero-order valence-corrected chi connectivity index (χ0v) is 73.1. The summed E-state index contributed by atoms with van der Waals surface area (Å²) in [4.78, 5) is 13.3. The molecule has 9 heterocycles. The first-order chi connectivity index (χ1) is 57.1. The fourth-order valence-electron chi connectivity index (χ4n) is 19.7. The number of para-hydroxylation sites is 4. The quantitative estimate of drug-likeness (QED) is 0.134. The van der Waals surface area contributed by atoms with Gasteiger partial charge < -0.3 is 0 Å². The summed E-state index contributed by atoms with van der Waals surface area (Å²) in [6, 6.07) is 138. The second-order valence-electron chi connectivity index (χ2n) is 30.4. The molecule has 0 aliphatic carbocycles. The molecule has 0 saturated carbocycles. The molecule has 17 aromatic carbocycles. The predicted molar refractivity (Wildman–Crippen MR) is 495 cm³/mol. The zero-order chi connectivity index (χ0) is 74.8. The molecule has 0 spiro atoms. The summed E-state index contributed by atoms with van der Waals surface area (Å²) >= 11 is -4.12. The van der Waals surface area contributed by atoms with Gasteiger partial charge in [0, 0.05) is 0 Å². The maximum atomic E-state index is 8.26. The molecular weight excluding hydrogens is 1970 g/mol. The summed E-state index contributed by atoms with van der Waals surface area (Å²) in [5.41, 5.74) is 25.2. The SMILES string of the molecule is c1ccc(N(c2cc3c4c(c2)N(c2cccc5c2[te]c2ccccc25)c2ccccc2B4c2cc4c(cc2O3)N(c2cccc3c2[te]c2ccccc23)c2cc(N(c3ccccc3)c3cccc5c3[te]c3ccccc35)cc3c2B4c2ccccc2N3c2cccc3c2[te]c2ccccc23)c2cccc3c2[te]c2ccccc23)cc1. The molecule has 4 aliphatic heterocycles. The van der Waals surface area contributed by atoms with Gasteiger partial charge >= 0.3 is 720 Å². The van der Waals surface area contributed by atoms with Crippen LogP contribution in [-0.2, 0) is 0 Å². The number of fused-ring (bicyclic) bond motifs is 23. The van der Waals surface area contributed by atoms with Crippen LogP contribution in [0.3, 0.4) is 0 Å². The van der Waals surface area contributed by atoms with Crippen LogP contribution in [0.2, 0.25) is 0 Å². The Balaban J connectivity index is 0.778. The third kappa shape index (κ3) is 9.91. The van der Waals surface area contributed by atoms with Crippen LogP contribution >= 0.6 is 0 Å². The molecule has 4 aliphatic rings. The summed E-state index contributed by atoms with van der Waals surface area (Å²) in [6.07, 6.45) is 0. The van der Waals surface area contributed by atoms with Crippen LogP contribution in [-0.4, -0.2) is 116 Å². The van der Waals surface area contributed by atoms with E-state index in [0.29, 0.717) is 0 Å². The van der Waals surface area contributed by atoms with Crippen molar-refractivity contribution < 1.29 is 4.74 Å². The van der Waals surface area contributed by atoms with Crippen molar-refractivity contribution in [3.8, 4) is 11.5 Å². The van der Waals surface area contributed by atoms with Crippen LogP contribution in [0.15, 0.2) is 358 Å². The first-order valence-corrected chi connectivity index (χ1v) is 50.7. The molecule has 0 radical (unpaired) electrons. The average Bonchev–Trinajstić information content (AvgIpc) is 1.34. The molecule has 534 valence electrons. The Labute approximate surface area is 712 Å². The predicted octanol–water partition coefficient (Wildman–Crippen LogP) is 21.9. The van der Waals surface area contributed by atoms with Gasteiger partial charge in [0.1, 0.15) is 0 Å². The Kier molecular flexibility index (Phi) is 15.2. The number of nitrogens with zero attached hydrogens (tertiary/aromatic N) is 5. The van der Waals surface area contributed by atoms with Crippen molar-refractivity contribution in [2.45, 2.75) is 0 Å². The van der Waals surface area contributed by atoms with Gasteiger partial charge in [-0.3, -0.25) is 0 Å². The Hall–Kier alpha value is -10.4. The standard InChI is InChI=1S/C102H59B2N5OTe5/c1-3-26-60(27-4-1)105(80-44-21-35-69-64-30-7-16-49-91(64)111-98(69)80)62-54-86-96-87(55-62)109(84-48-25-39-73-68-34-11-20-53-95(68)115-102(73)84)85-59-89-77(58-76(85)103(96)74-40-12-14-42-78(74)107(86)82-46-23-37-71-66-32-9-18-51-93(66)113-100(71)82)104-75-41-13-15-43-79(75)108(83-47-24-38-72-67-33-10-19-52-94(67)114-101(72)83)88-56-63(57-90(110-89)97(88)104)106(61-28-5-2-6-29-61)81-45-22-36-70-65-31-8-17-50-92(65)112-99(70)81/h1-59H. The second-order valence-corrected chi connectivity index (χ2v) is 45.4. The monoisotopic (exact) mass is 2040 g/mol. The van der Waals surface area contributed by atoms with Gasteiger partial charge in [-0.15, -0.1) is 0 Å². The number of ether oxygens (including phenoxy) is 1. The van der Waals surface area contributed by atoms with Crippen LogP contribution in [0.4, 0.5) is 85.3 Å². The van der Waals surface area contributed by atoms with Crippen LogP contribution in [0.5, 0.6) is 11.5 Å². The first-order valence-electron chi connectivity index (χ1n) is 39.1. The van der Waals surface area contributed by atoms with Gasteiger partial charge in [-0.25, -0.2) is 0 Å². The van der Waals surface area contributed by atoms with E-state index < -0.39 is 102 Å². The number of rotatable bonds is 9. The third-order valence-electron chi connectivity index (χ3n) is 24.4. The topological polar surface area (TPSA) is 25.4 Å². The van der Waals surface area contributed by atoms with Crippen molar-refractivity contribution in [3.05, 3.63) is 358 Å². The molecule has 115 heavy (non-hydrogen) atoms. The Morgan fingerprint density at radius 3 is 0.965 bits per heavy atom.